The van der Waals surface area contributed by atoms with Crippen molar-refractivity contribution in [3.8, 4) is 5.75 Å². The van der Waals surface area contributed by atoms with Crippen LogP contribution in [0.2, 0.25) is 0 Å². The number of amides is 3. The second-order valence-corrected chi connectivity index (χ2v) is 10.2. The molecule has 42 heavy (non-hydrogen) atoms. The van der Waals surface area contributed by atoms with Gasteiger partial charge in [0.2, 0.25) is 5.91 Å². The Labute approximate surface area is 244 Å². The molecule has 0 aliphatic carbocycles. The van der Waals surface area contributed by atoms with Crippen molar-refractivity contribution in [1.29, 1.82) is 0 Å². The van der Waals surface area contributed by atoms with E-state index in [1.54, 1.807) is 42.5 Å². The molecule has 0 bridgehead atoms. The second kappa shape index (κ2) is 13.5. The highest BCUT2D eigenvalue weighted by Crippen LogP contribution is 2.44. The summed E-state index contributed by atoms with van der Waals surface area (Å²) in [5.41, 5.74) is 4.10. The molecule has 214 valence electrons. The molecule has 1 saturated heterocycles. The number of ether oxygens (including phenoxy) is 1. The van der Waals surface area contributed by atoms with Crippen molar-refractivity contribution in [2.45, 2.75) is 38.0 Å². The molecule has 1 aliphatic heterocycles. The highest BCUT2D eigenvalue weighted by atomic mass is 16.5. The number of phenolic OH excluding ortho intramolecular Hbond substituents is 1. The van der Waals surface area contributed by atoms with Crippen molar-refractivity contribution >= 4 is 23.6 Å². The third kappa shape index (κ3) is 7.34. The molecule has 8 nitrogen and oxygen atoms in total. The number of nitrogens with zero attached hydrogens (tertiary/aromatic N) is 1. The molecule has 1 fully saturated rings. The minimum absolute atomic E-state index is 0.118. The summed E-state index contributed by atoms with van der Waals surface area (Å²) < 4.78 is 5.33. The highest BCUT2D eigenvalue weighted by Gasteiger charge is 2.38. The van der Waals surface area contributed by atoms with Gasteiger partial charge in [-0.3, -0.25) is 9.59 Å². The molecule has 3 N–H and O–H groups in total. The molecule has 0 spiro atoms. The first kappa shape index (κ1) is 28.4. The Morgan fingerprint density at radius 3 is 2.10 bits per heavy atom. The molecule has 0 radical (unpaired) electrons. The van der Waals surface area contributed by atoms with E-state index in [1.807, 2.05) is 71.6 Å². The summed E-state index contributed by atoms with van der Waals surface area (Å²) in [6.07, 6.45) is 1.63. The molecule has 4 aromatic rings. The zero-order chi connectivity index (χ0) is 29.3. The van der Waals surface area contributed by atoms with Gasteiger partial charge in [0.25, 0.3) is 0 Å². The number of hydrogen-bond donors (Lipinski definition) is 3. The average Bonchev–Trinajstić information content (AvgIpc) is 3.46. The number of phenols is 1. The van der Waals surface area contributed by atoms with E-state index in [1.165, 1.54) is 0 Å². The number of likely N-dealkylation sites (tertiary alicyclic amines) is 1. The fraction of sp³-hybridized carbons (Fsp3) is 0.206. The van der Waals surface area contributed by atoms with Crippen LogP contribution in [0.4, 0.5) is 10.5 Å². The minimum Gasteiger partial charge on any atom is -0.508 e. The first-order valence-corrected chi connectivity index (χ1v) is 13.9. The Balaban J connectivity index is 1.16. The van der Waals surface area contributed by atoms with Gasteiger partial charge in [0.15, 0.2) is 0 Å². The largest absolute Gasteiger partial charge is 0.508 e. The molecule has 2 unspecified atom stereocenters. The number of anilines is 1. The molecule has 1 heterocycles. The van der Waals surface area contributed by atoms with Gasteiger partial charge >= 0.3 is 12.0 Å². The Morgan fingerprint density at radius 2 is 1.40 bits per heavy atom. The molecule has 8 heteroatoms. The number of carbonyl (C=O) groups is 3. The number of rotatable bonds is 9. The van der Waals surface area contributed by atoms with E-state index in [9.17, 15) is 19.5 Å². The number of urea groups is 1. The fourth-order valence-corrected chi connectivity index (χ4v) is 5.30. The Hall–Kier alpha value is -5.11. The summed E-state index contributed by atoms with van der Waals surface area (Å²) in [6.45, 7) is 0.0338. The van der Waals surface area contributed by atoms with E-state index >= 15 is 0 Å². The third-order valence-corrected chi connectivity index (χ3v) is 7.32. The summed E-state index contributed by atoms with van der Waals surface area (Å²) in [7, 11) is 0. The molecular weight excluding hydrogens is 530 g/mol. The Morgan fingerprint density at radius 1 is 0.762 bits per heavy atom. The van der Waals surface area contributed by atoms with Gasteiger partial charge in [-0.15, -0.1) is 0 Å². The van der Waals surface area contributed by atoms with Crippen LogP contribution in [0, 0.1) is 0 Å². The number of esters is 1. The van der Waals surface area contributed by atoms with Crippen LogP contribution in [0.3, 0.4) is 0 Å². The van der Waals surface area contributed by atoms with Crippen molar-refractivity contribution in [2.75, 3.05) is 11.9 Å². The quantitative estimate of drug-likeness (QED) is 0.220. The number of nitrogens with one attached hydrogen (secondary N) is 2. The maximum Gasteiger partial charge on any atom is 0.319 e. The lowest BCUT2D eigenvalue weighted by atomic mass is 10.0. The monoisotopic (exact) mass is 563 g/mol. The lowest BCUT2D eigenvalue weighted by Crippen LogP contribution is -2.42. The summed E-state index contributed by atoms with van der Waals surface area (Å²) in [6, 6.07) is 32.3. The summed E-state index contributed by atoms with van der Waals surface area (Å²) in [5, 5.41) is 15.4. The minimum atomic E-state index is -0.511. The third-order valence-electron chi connectivity index (χ3n) is 7.32. The maximum atomic E-state index is 13.5. The SMILES string of the molecule is O=C(NCC(=O)N1C(c2ccccc2)CCC1c1cccc(O)c1)Nc1ccc(CC(=O)OCc2ccccc2)cc1. The fourth-order valence-electron chi connectivity index (χ4n) is 5.30. The number of benzene rings is 4. The summed E-state index contributed by atoms with van der Waals surface area (Å²) >= 11 is 0. The average molecular weight is 564 g/mol. The van der Waals surface area contributed by atoms with Crippen molar-refractivity contribution in [3.63, 3.8) is 0 Å². The van der Waals surface area contributed by atoms with E-state index in [0.717, 1.165) is 35.1 Å². The van der Waals surface area contributed by atoms with Crippen molar-refractivity contribution in [1.82, 2.24) is 10.2 Å². The highest BCUT2D eigenvalue weighted by molar-refractivity contribution is 5.92. The van der Waals surface area contributed by atoms with E-state index in [2.05, 4.69) is 10.6 Å². The van der Waals surface area contributed by atoms with E-state index in [-0.39, 0.29) is 49.3 Å². The van der Waals surface area contributed by atoms with E-state index in [0.29, 0.717) is 5.69 Å². The Bertz CT molecular complexity index is 1510. The zero-order valence-electron chi connectivity index (χ0n) is 23.1. The smallest absolute Gasteiger partial charge is 0.319 e. The normalized spacial score (nSPS) is 16.0. The molecular formula is C34H33N3O5. The molecule has 2 atom stereocenters. The van der Waals surface area contributed by atoms with Gasteiger partial charge in [0.1, 0.15) is 12.4 Å². The van der Waals surface area contributed by atoms with Gasteiger partial charge in [-0.25, -0.2) is 4.79 Å². The van der Waals surface area contributed by atoms with Gasteiger partial charge < -0.3 is 25.4 Å². The van der Waals surface area contributed by atoms with E-state index < -0.39 is 6.03 Å². The van der Waals surface area contributed by atoms with Crippen molar-refractivity contribution < 1.29 is 24.2 Å². The predicted molar refractivity (Wildman–Crippen MR) is 160 cm³/mol. The molecule has 3 amide bonds. The molecule has 0 saturated carbocycles. The van der Waals surface area contributed by atoms with Crippen LogP contribution >= 0.6 is 0 Å². The first-order valence-electron chi connectivity index (χ1n) is 13.9. The standard InChI is InChI=1S/C34H33N3O5/c38-29-13-7-12-27(21-29)31-19-18-30(26-10-5-2-6-11-26)37(31)32(39)22-35-34(41)36-28-16-14-24(15-17-28)20-33(40)42-23-25-8-3-1-4-9-25/h1-17,21,30-31,38H,18-20,22-23H2,(H2,35,36,41). The molecule has 0 aromatic heterocycles. The van der Waals surface area contributed by atoms with Crippen molar-refractivity contribution in [2.24, 2.45) is 0 Å². The number of aromatic hydroxyl groups is 1. The molecule has 5 rings (SSSR count). The van der Waals surface area contributed by atoms with Crippen LogP contribution in [-0.4, -0.2) is 34.5 Å². The lowest BCUT2D eigenvalue weighted by molar-refractivity contribution is -0.144. The topological polar surface area (TPSA) is 108 Å². The van der Waals surface area contributed by atoms with Gasteiger partial charge in [-0.2, -0.15) is 0 Å². The van der Waals surface area contributed by atoms with Gasteiger partial charge in [0, 0.05) is 5.69 Å². The predicted octanol–water partition coefficient (Wildman–Crippen LogP) is 5.90. The van der Waals surface area contributed by atoms with Crippen molar-refractivity contribution in [3.05, 3.63) is 131 Å². The first-order chi connectivity index (χ1) is 20.5. The van der Waals surface area contributed by atoms with Crippen LogP contribution in [0.25, 0.3) is 0 Å². The Kier molecular flexibility index (Phi) is 9.13. The van der Waals surface area contributed by atoms with Crippen LogP contribution < -0.4 is 10.6 Å². The summed E-state index contributed by atoms with van der Waals surface area (Å²) in [5.74, 6) is -0.402. The number of carbonyl (C=O) groups excluding carboxylic acids is 3. The van der Waals surface area contributed by atoms with Gasteiger partial charge in [-0.05, 0) is 59.4 Å². The van der Waals surface area contributed by atoms with E-state index in [4.69, 9.17) is 4.74 Å². The van der Waals surface area contributed by atoms with Gasteiger partial charge in [0.05, 0.1) is 25.0 Å². The second-order valence-electron chi connectivity index (χ2n) is 10.2. The molecule has 1 aliphatic rings. The lowest BCUT2D eigenvalue weighted by Gasteiger charge is -2.31. The van der Waals surface area contributed by atoms with Crippen LogP contribution in [0.5, 0.6) is 5.75 Å². The summed E-state index contributed by atoms with van der Waals surface area (Å²) in [4.78, 5) is 40.2. The van der Waals surface area contributed by atoms with Gasteiger partial charge in [-0.1, -0.05) is 84.9 Å². The maximum absolute atomic E-state index is 13.5. The number of hydrogen-bond acceptors (Lipinski definition) is 5. The van der Waals surface area contributed by atoms with Crippen LogP contribution in [0.15, 0.2) is 109 Å². The van der Waals surface area contributed by atoms with Crippen LogP contribution in [-0.2, 0) is 27.4 Å². The zero-order valence-corrected chi connectivity index (χ0v) is 23.1. The molecule has 4 aromatic carbocycles. The van der Waals surface area contributed by atoms with Crippen LogP contribution in [0.1, 0.15) is 47.2 Å².